The van der Waals surface area contributed by atoms with Gasteiger partial charge in [-0.05, 0) is 34.6 Å². The second-order valence-corrected chi connectivity index (χ2v) is 3.28. The number of hydrogen-bond donors (Lipinski definition) is 0. The Morgan fingerprint density at radius 3 is 2.09 bits per heavy atom. The Hall–Kier alpha value is -0.530. The van der Waals surface area contributed by atoms with Crippen LogP contribution in [0.15, 0.2) is 4.99 Å². The maximum atomic E-state index is 4.32. The second-order valence-electron chi connectivity index (χ2n) is 3.28. The summed E-state index contributed by atoms with van der Waals surface area (Å²) in [5.74, 6) is 0. The van der Waals surface area contributed by atoms with Crippen LogP contribution in [0.25, 0.3) is 0 Å². The van der Waals surface area contributed by atoms with Gasteiger partial charge in [0.25, 0.3) is 0 Å². The van der Waals surface area contributed by atoms with Crippen molar-refractivity contribution in [2.45, 2.75) is 46.7 Å². The maximum absolute atomic E-state index is 4.32. The van der Waals surface area contributed by atoms with Gasteiger partial charge in [0, 0.05) is 18.6 Å². The lowest BCUT2D eigenvalue weighted by molar-refractivity contribution is 0.376. The molecule has 0 aromatic rings. The molecule has 0 aliphatic rings. The molecule has 0 aromatic carbocycles. The summed E-state index contributed by atoms with van der Waals surface area (Å²) in [7, 11) is 0. The van der Waals surface area contributed by atoms with Crippen molar-refractivity contribution in [1.29, 1.82) is 0 Å². The zero-order valence-corrected chi connectivity index (χ0v) is 8.33. The van der Waals surface area contributed by atoms with Crippen molar-refractivity contribution in [3.63, 3.8) is 0 Å². The number of hydrogen-bond acceptors (Lipinski definition) is 1. The summed E-state index contributed by atoms with van der Waals surface area (Å²) in [5.41, 5.74) is 0. The summed E-state index contributed by atoms with van der Waals surface area (Å²) in [6, 6.07) is 0.963. The molecule has 0 radical (unpaired) electrons. The van der Waals surface area contributed by atoms with E-state index in [2.05, 4.69) is 44.5 Å². The van der Waals surface area contributed by atoms with Gasteiger partial charge in [0.2, 0.25) is 0 Å². The molecule has 0 bridgehead atoms. The molecule has 0 aliphatic carbocycles. The highest BCUT2D eigenvalue weighted by molar-refractivity contribution is 5.55. The Labute approximate surface area is 70.3 Å². The van der Waals surface area contributed by atoms with E-state index < -0.39 is 0 Å². The Bertz CT molecular complexity index is 117. The molecule has 2 heteroatoms. The van der Waals surface area contributed by atoms with Crippen molar-refractivity contribution in [2.24, 2.45) is 4.99 Å². The van der Waals surface area contributed by atoms with Crippen molar-refractivity contribution in [2.75, 3.05) is 6.54 Å². The third kappa shape index (κ3) is 4.82. The zero-order chi connectivity index (χ0) is 8.85. The van der Waals surface area contributed by atoms with Crippen molar-refractivity contribution in [3.8, 4) is 0 Å². The Morgan fingerprint density at radius 2 is 1.82 bits per heavy atom. The van der Waals surface area contributed by atoms with Crippen LogP contribution in [0.2, 0.25) is 0 Å². The lowest BCUT2D eigenvalue weighted by Gasteiger charge is -2.21. The Balaban J connectivity index is 3.87. The van der Waals surface area contributed by atoms with Gasteiger partial charge in [-0.3, -0.25) is 4.99 Å². The quantitative estimate of drug-likeness (QED) is 0.450. The van der Waals surface area contributed by atoms with Crippen LogP contribution in [0.1, 0.15) is 34.6 Å². The minimum Gasteiger partial charge on any atom is -0.361 e. The smallest absolute Gasteiger partial charge is 0.0855 e. The number of nitrogens with zero attached hydrogens (tertiary/aromatic N) is 2. The van der Waals surface area contributed by atoms with Crippen LogP contribution in [-0.2, 0) is 0 Å². The number of aliphatic imine (C=N–C) groups is 1. The fourth-order valence-electron chi connectivity index (χ4n) is 0.799. The SMILES string of the molecule is CCN(C=NC(C)C)C(C)C. The third-order valence-electron chi connectivity index (χ3n) is 1.54. The molecule has 0 amide bonds. The maximum Gasteiger partial charge on any atom is 0.0855 e. The first-order chi connectivity index (χ1) is 5.07. The molecule has 0 N–H and O–H groups in total. The van der Waals surface area contributed by atoms with Crippen molar-refractivity contribution < 1.29 is 0 Å². The van der Waals surface area contributed by atoms with Crippen LogP contribution in [-0.4, -0.2) is 29.9 Å². The van der Waals surface area contributed by atoms with E-state index in [1.165, 1.54) is 0 Å². The Morgan fingerprint density at radius 1 is 1.27 bits per heavy atom. The molecule has 66 valence electrons. The van der Waals surface area contributed by atoms with E-state index in [-0.39, 0.29) is 0 Å². The topological polar surface area (TPSA) is 15.6 Å². The molecule has 11 heavy (non-hydrogen) atoms. The van der Waals surface area contributed by atoms with Crippen molar-refractivity contribution in [1.82, 2.24) is 4.90 Å². The summed E-state index contributed by atoms with van der Waals surface area (Å²) in [6.45, 7) is 11.7. The van der Waals surface area contributed by atoms with Gasteiger partial charge in [0.1, 0.15) is 0 Å². The van der Waals surface area contributed by atoms with Gasteiger partial charge in [-0.1, -0.05) is 0 Å². The van der Waals surface area contributed by atoms with Crippen LogP contribution < -0.4 is 0 Å². The van der Waals surface area contributed by atoms with E-state index in [4.69, 9.17) is 0 Å². The summed E-state index contributed by atoms with van der Waals surface area (Å²) < 4.78 is 0. The molecular weight excluding hydrogens is 136 g/mol. The van der Waals surface area contributed by atoms with Crippen molar-refractivity contribution >= 4 is 6.34 Å². The fraction of sp³-hybridized carbons (Fsp3) is 0.889. The highest BCUT2D eigenvalue weighted by Gasteiger charge is 2.00. The minimum absolute atomic E-state index is 0.405. The minimum atomic E-state index is 0.405. The zero-order valence-electron chi connectivity index (χ0n) is 8.33. The van der Waals surface area contributed by atoms with Crippen molar-refractivity contribution in [3.05, 3.63) is 0 Å². The molecule has 0 unspecified atom stereocenters. The lowest BCUT2D eigenvalue weighted by atomic mass is 10.3. The molecule has 2 nitrogen and oxygen atoms in total. The first kappa shape index (κ1) is 10.5. The predicted octanol–water partition coefficient (Wildman–Crippen LogP) is 2.15. The van der Waals surface area contributed by atoms with E-state index in [9.17, 15) is 0 Å². The predicted molar refractivity (Wildman–Crippen MR) is 51.1 cm³/mol. The number of rotatable bonds is 4. The molecule has 0 aromatic heterocycles. The first-order valence-electron chi connectivity index (χ1n) is 4.37. The highest BCUT2D eigenvalue weighted by atomic mass is 15.2. The van der Waals surface area contributed by atoms with E-state index >= 15 is 0 Å². The summed E-state index contributed by atoms with van der Waals surface area (Å²) in [5, 5.41) is 0. The normalized spacial score (nSPS) is 11.9. The standard InChI is InChI=1S/C9H20N2/c1-6-11(9(4)5)7-10-8(2)3/h7-9H,6H2,1-5H3. The van der Waals surface area contributed by atoms with Gasteiger partial charge in [-0.2, -0.15) is 0 Å². The van der Waals surface area contributed by atoms with Crippen LogP contribution in [0.3, 0.4) is 0 Å². The molecule has 0 fully saturated rings. The fourth-order valence-corrected chi connectivity index (χ4v) is 0.799. The van der Waals surface area contributed by atoms with Gasteiger partial charge >= 0.3 is 0 Å². The molecule has 0 saturated carbocycles. The van der Waals surface area contributed by atoms with Gasteiger partial charge < -0.3 is 4.90 Å². The monoisotopic (exact) mass is 156 g/mol. The van der Waals surface area contributed by atoms with E-state index in [0.717, 1.165) is 6.54 Å². The molecule has 0 aliphatic heterocycles. The molecule has 0 atom stereocenters. The Kier molecular flexibility index (Phi) is 4.92. The van der Waals surface area contributed by atoms with Gasteiger partial charge in [0.15, 0.2) is 0 Å². The van der Waals surface area contributed by atoms with E-state index in [1.807, 2.05) is 6.34 Å². The summed E-state index contributed by atoms with van der Waals surface area (Å²) in [6.07, 6.45) is 1.95. The van der Waals surface area contributed by atoms with Crippen LogP contribution in [0.4, 0.5) is 0 Å². The van der Waals surface area contributed by atoms with Crippen LogP contribution >= 0.6 is 0 Å². The molecule has 0 spiro atoms. The lowest BCUT2D eigenvalue weighted by Crippen LogP contribution is -2.29. The largest absolute Gasteiger partial charge is 0.361 e. The van der Waals surface area contributed by atoms with Gasteiger partial charge in [-0.25, -0.2) is 0 Å². The first-order valence-corrected chi connectivity index (χ1v) is 4.37. The van der Waals surface area contributed by atoms with E-state index in [1.54, 1.807) is 0 Å². The molecular formula is C9H20N2. The van der Waals surface area contributed by atoms with Crippen LogP contribution in [0.5, 0.6) is 0 Å². The third-order valence-corrected chi connectivity index (χ3v) is 1.54. The van der Waals surface area contributed by atoms with Crippen LogP contribution in [0, 0.1) is 0 Å². The second kappa shape index (κ2) is 5.16. The summed E-state index contributed by atoms with van der Waals surface area (Å²) >= 11 is 0. The average molecular weight is 156 g/mol. The molecule has 0 heterocycles. The average Bonchev–Trinajstić information content (AvgIpc) is 1.87. The highest BCUT2D eigenvalue weighted by Crippen LogP contribution is 1.94. The van der Waals surface area contributed by atoms with E-state index in [0.29, 0.717) is 12.1 Å². The summed E-state index contributed by atoms with van der Waals surface area (Å²) in [4.78, 5) is 6.54. The van der Waals surface area contributed by atoms with Gasteiger partial charge in [-0.15, -0.1) is 0 Å². The molecule has 0 saturated heterocycles. The molecule has 0 rings (SSSR count). The van der Waals surface area contributed by atoms with Gasteiger partial charge in [0.05, 0.1) is 6.34 Å².